The van der Waals surface area contributed by atoms with Crippen molar-refractivity contribution >= 4 is 11.6 Å². The van der Waals surface area contributed by atoms with Crippen molar-refractivity contribution in [2.24, 2.45) is 0 Å². The SMILES string of the molecule is CCCNc1cc(N(CC)C2CCCC2)nc(CC)n1. The average molecular weight is 276 g/mol. The molecule has 1 aromatic rings. The van der Waals surface area contributed by atoms with Gasteiger partial charge in [0.25, 0.3) is 0 Å². The van der Waals surface area contributed by atoms with Crippen LogP contribution in [-0.2, 0) is 6.42 Å². The van der Waals surface area contributed by atoms with Crippen LogP contribution in [0, 0.1) is 0 Å². The van der Waals surface area contributed by atoms with Gasteiger partial charge in [0.1, 0.15) is 17.5 Å². The summed E-state index contributed by atoms with van der Waals surface area (Å²) in [6, 6.07) is 2.79. The Morgan fingerprint density at radius 3 is 2.55 bits per heavy atom. The van der Waals surface area contributed by atoms with Gasteiger partial charge in [-0.05, 0) is 26.2 Å². The van der Waals surface area contributed by atoms with E-state index in [0.717, 1.165) is 43.4 Å². The summed E-state index contributed by atoms with van der Waals surface area (Å²) in [5.41, 5.74) is 0. The molecule has 0 spiro atoms. The molecule has 0 atom stereocenters. The Balaban J connectivity index is 2.22. The van der Waals surface area contributed by atoms with Crippen LogP contribution in [0.25, 0.3) is 0 Å². The van der Waals surface area contributed by atoms with Gasteiger partial charge in [0, 0.05) is 31.6 Å². The van der Waals surface area contributed by atoms with Crippen LogP contribution in [0.15, 0.2) is 6.07 Å². The molecule has 112 valence electrons. The van der Waals surface area contributed by atoms with Crippen molar-refractivity contribution in [1.82, 2.24) is 9.97 Å². The van der Waals surface area contributed by atoms with Crippen molar-refractivity contribution in [2.45, 2.75) is 65.3 Å². The molecule has 1 N–H and O–H groups in total. The molecule has 20 heavy (non-hydrogen) atoms. The highest BCUT2D eigenvalue weighted by molar-refractivity contribution is 5.50. The largest absolute Gasteiger partial charge is 0.370 e. The molecule has 4 nitrogen and oxygen atoms in total. The maximum absolute atomic E-state index is 4.75. The molecule has 0 saturated heterocycles. The van der Waals surface area contributed by atoms with Gasteiger partial charge in [-0.25, -0.2) is 9.97 Å². The smallest absolute Gasteiger partial charge is 0.134 e. The second-order valence-electron chi connectivity index (χ2n) is 5.53. The zero-order chi connectivity index (χ0) is 14.4. The fourth-order valence-corrected chi connectivity index (χ4v) is 2.96. The molecule has 2 rings (SSSR count). The lowest BCUT2D eigenvalue weighted by Gasteiger charge is -2.29. The summed E-state index contributed by atoms with van der Waals surface area (Å²) in [5.74, 6) is 3.02. The van der Waals surface area contributed by atoms with E-state index in [9.17, 15) is 0 Å². The lowest BCUT2D eigenvalue weighted by molar-refractivity contribution is 0.611. The molecule has 0 aromatic carbocycles. The van der Waals surface area contributed by atoms with Crippen molar-refractivity contribution in [2.75, 3.05) is 23.3 Å². The van der Waals surface area contributed by atoms with Gasteiger partial charge in [0.05, 0.1) is 0 Å². The minimum atomic E-state index is 0.665. The van der Waals surface area contributed by atoms with E-state index in [1.807, 2.05) is 0 Å². The number of hydrogen-bond donors (Lipinski definition) is 1. The van der Waals surface area contributed by atoms with Gasteiger partial charge in [0.15, 0.2) is 0 Å². The molecule has 0 radical (unpaired) electrons. The number of aryl methyl sites for hydroxylation is 1. The van der Waals surface area contributed by atoms with E-state index in [0.29, 0.717) is 6.04 Å². The molecule has 1 fully saturated rings. The highest BCUT2D eigenvalue weighted by Crippen LogP contribution is 2.28. The predicted molar refractivity (Wildman–Crippen MR) is 85.5 cm³/mol. The summed E-state index contributed by atoms with van der Waals surface area (Å²) in [6.45, 7) is 8.51. The van der Waals surface area contributed by atoms with E-state index in [4.69, 9.17) is 4.98 Å². The lowest BCUT2D eigenvalue weighted by Crippen LogP contribution is -2.34. The first-order chi connectivity index (χ1) is 9.78. The minimum absolute atomic E-state index is 0.665. The van der Waals surface area contributed by atoms with Crippen molar-refractivity contribution in [3.63, 3.8) is 0 Å². The first kappa shape index (κ1) is 15.1. The summed E-state index contributed by atoms with van der Waals surface area (Å²) in [6.07, 6.45) is 7.31. The second-order valence-corrected chi connectivity index (χ2v) is 5.53. The van der Waals surface area contributed by atoms with E-state index in [2.05, 4.69) is 42.0 Å². The van der Waals surface area contributed by atoms with Gasteiger partial charge in [0.2, 0.25) is 0 Å². The van der Waals surface area contributed by atoms with E-state index in [-0.39, 0.29) is 0 Å². The fraction of sp³-hybridized carbons (Fsp3) is 0.750. The van der Waals surface area contributed by atoms with Crippen LogP contribution in [0.1, 0.15) is 58.7 Å². The summed E-state index contributed by atoms with van der Waals surface area (Å²) >= 11 is 0. The third-order valence-corrected chi connectivity index (χ3v) is 4.03. The van der Waals surface area contributed by atoms with Crippen LogP contribution in [0.4, 0.5) is 11.6 Å². The molecule has 4 heteroatoms. The highest BCUT2D eigenvalue weighted by atomic mass is 15.2. The van der Waals surface area contributed by atoms with E-state index >= 15 is 0 Å². The molecule has 1 aromatic heterocycles. The number of hydrogen-bond acceptors (Lipinski definition) is 4. The topological polar surface area (TPSA) is 41.0 Å². The zero-order valence-electron chi connectivity index (χ0n) is 13.2. The van der Waals surface area contributed by atoms with Gasteiger partial charge in [-0.1, -0.05) is 26.7 Å². The number of nitrogens with one attached hydrogen (secondary N) is 1. The molecule has 0 bridgehead atoms. The molecular formula is C16H28N4. The van der Waals surface area contributed by atoms with Crippen LogP contribution in [0.2, 0.25) is 0 Å². The van der Waals surface area contributed by atoms with Crippen molar-refractivity contribution < 1.29 is 0 Å². The number of anilines is 2. The molecule has 0 amide bonds. The Morgan fingerprint density at radius 2 is 1.95 bits per heavy atom. The maximum Gasteiger partial charge on any atom is 0.134 e. The number of rotatable bonds is 7. The molecule has 0 unspecified atom stereocenters. The minimum Gasteiger partial charge on any atom is -0.370 e. The van der Waals surface area contributed by atoms with Crippen molar-refractivity contribution in [3.8, 4) is 0 Å². The van der Waals surface area contributed by atoms with Crippen LogP contribution in [0.5, 0.6) is 0 Å². The standard InChI is InChI=1S/C16H28N4/c1-4-11-17-15-12-16(19-14(5-2)18-15)20(6-3)13-9-7-8-10-13/h12-13H,4-11H2,1-3H3,(H,17,18,19). The Kier molecular flexibility index (Phi) is 5.62. The average Bonchev–Trinajstić information content (AvgIpc) is 2.99. The Bertz CT molecular complexity index is 413. The van der Waals surface area contributed by atoms with Crippen molar-refractivity contribution in [3.05, 3.63) is 11.9 Å². The third-order valence-electron chi connectivity index (χ3n) is 4.03. The normalized spacial score (nSPS) is 15.6. The Morgan fingerprint density at radius 1 is 1.20 bits per heavy atom. The predicted octanol–water partition coefficient (Wildman–Crippen LogP) is 3.63. The fourth-order valence-electron chi connectivity index (χ4n) is 2.96. The van der Waals surface area contributed by atoms with Crippen LogP contribution in [0.3, 0.4) is 0 Å². The highest BCUT2D eigenvalue weighted by Gasteiger charge is 2.23. The Hall–Kier alpha value is -1.32. The molecular weight excluding hydrogens is 248 g/mol. The van der Waals surface area contributed by atoms with E-state index in [1.54, 1.807) is 0 Å². The van der Waals surface area contributed by atoms with Crippen LogP contribution >= 0.6 is 0 Å². The first-order valence-electron chi connectivity index (χ1n) is 8.16. The maximum atomic E-state index is 4.75. The summed E-state index contributed by atoms with van der Waals surface area (Å²) in [7, 11) is 0. The number of aromatic nitrogens is 2. The quantitative estimate of drug-likeness (QED) is 0.825. The van der Waals surface area contributed by atoms with Gasteiger partial charge >= 0.3 is 0 Å². The number of nitrogens with zero attached hydrogens (tertiary/aromatic N) is 3. The molecule has 1 saturated carbocycles. The van der Waals surface area contributed by atoms with E-state index < -0.39 is 0 Å². The molecule has 1 aliphatic rings. The zero-order valence-corrected chi connectivity index (χ0v) is 13.2. The van der Waals surface area contributed by atoms with Crippen molar-refractivity contribution in [1.29, 1.82) is 0 Å². The summed E-state index contributed by atoms with van der Waals surface area (Å²) in [4.78, 5) is 11.8. The third kappa shape index (κ3) is 3.62. The van der Waals surface area contributed by atoms with Gasteiger partial charge in [-0.15, -0.1) is 0 Å². The molecule has 1 heterocycles. The summed E-state index contributed by atoms with van der Waals surface area (Å²) < 4.78 is 0. The molecule has 1 aliphatic carbocycles. The lowest BCUT2D eigenvalue weighted by atomic mass is 10.2. The second kappa shape index (κ2) is 7.46. The van der Waals surface area contributed by atoms with Gasteiger partial charge in [-0.2, -0.15) is 0 Å². The first-order valence-corrected chi connectivity index (χ1v) is 8.16. The monoisotopic (exact) mass is 276 g/mol. The summed E-state index contributed by atoms with van der Waals surface area (Å²) in [5, 5.41) is 3.40. The van der Waals surface area contributed by atoms with Crippen LogP contribution < -0.4 is 10.2 Å². The van der Waals surface area contributed by atoms with Gasteiger partial charge in [-0.3, -0.25) is 0 Å². The van der Waals surface area contributed by atoms with E-state index in [1.165, 1.54) is 25.7 Å². The van der Waals surface area contributed by atoms with Gasteiger partial charge < -0.3 is 10.2 Å². The van der Waals surface area contributed by atoms with Crippen LogP contribution in [-0.4, -0.2) is 29.1 Å². The molecule has 0 aliphatic heterocycles. The Labute approximate surface area is 123 Å².